The molecule has 0 atom stereocenters. The first kappa shape index (κ1) is 39.1. The summed E-state index contributed by atoms with van der Waals surface area (Å²) in [5, 5.41) is 1.41. The van der Waals surface area contributed by atoms with Crippen molar-refractivity contribution in [2.24, 2.45) is 5.41 Å². The summed E-state index contributed by atoms with van der Waals surface area (Å²) in [6.45, 7) is 28.7. The van der Waals surface area contributed by atoms with Gasteiger partial charge in [-0.3, -0.25) is 15.0 Å². The van der Waals surface area contributed by atoms with Gasteiger partial charge in [0, 0.05) is 35.8 Å². The van der Waals surface area contributed by atoms with E-state index in [9.17, 15) is 9.59 Å². The lowest BCUT2D eigenvalue weighted by molar-refractivity contribution is 0.00578. The molecule has 2 aromatic rings. The molecule has 1 aliphatic heterocycles. The molecule has 9 heteroatoms. The van der Waals surface area contributed by atoms with Crippen molar-refractivity contribution in [2.45, 2.75) is 108 Å². The second-order valence-corrected chi connectivity index (χ2v) is 12.9. The maximum Gasteiger partial charge on any atom is 0.498 e. The number of aryl methyl sites for hydroxylation is 2. The Balaban J connectivity index is 0.00000232. The van der Waals surface area contributed by atoms with Crippen molar-refractivity contribution in [3.05, 3.63) is 58.1 Å². The number of ether oxygens (including phenoxy) is 2. The molecular formula is C35H57BN2O6. The summed E-state index contributed by atoms with van der Waals surface area (Å²) < 4.78 is 23.9. The average molecular weight is 613 g/mol. The molecule has 0 radical (unpaired) electrons. The largest absolute Gasteiger partial charge is 0.498 e. The Kier molecular flexibility index (Phi) is 14.6. The van der Waals surface area contributed by atoms with Gasteiger partial charge in [0.25, 0.3) is 11.8 Å². The van der Waals surface area contributed by atoms with Crippen LogP contribution in [-0.4, -0.2) is 62.0 Å². The lowest BCUT2D eigenvalue weighted by Gasteiger charge is -2.32. The maximum atomic E-state index is 13.7. The number of hydrazine groups is 1. The number of nitrogens with zero attached hydrogens (tertiary/aromatic N) is 1. The number of hydrogen-bond donors (Lipinski definition) is 1. The number of methoxy groups -OCH3 is 1. The maximum absolute atomic E-state index is 13.7. The highest BCUT2D eigenvalue weighted by atomic mass is 16.7. The summed E-state index contributed by atoms with van der Waals surface area (Å²) in [7, 11) is 0.938. The Morgan fingerprint density at radius 2 is 1.41 bits per heavy atom. The Labute approximate surface area is 267 Å². The van der Waals surface area contributed by atoms with Crippen LogP contribution in [0.2, 0.25) is 0 Å². The number of rotatable bonds is 8. The highest BCUT2D eigenvalue weighted by Gasteiger charge is 2.52. The van der Waals surface area contributed by atoms with Crippen LogP contribution in [0, 0.1) is 26.2 Å². The fourth-order valence-corrected chi connectivity index (χ4v) is 4.61. The zero-order valence-electron chi connectivity index (χ0n) is 30.0. The van der Waals surface area contributed by atoms with Crippen LogP contribution in [0.15, 0.2) is 30.3 Å². The Morgan fingerprint density at radius 3 is 1.89 bits per heavy atom. The van der Waals surface area contributed by atoms with E-state index in [1.807, 2.05) is 115 Å². The van der Waals surface area contributed by atoms with Crippen LogP contribution in [-0.2, 0) is 14.0 Å². The molecule has 0 spiro atoms. The molecule has 1 heterocycles. The van der Waals surface area contributed by atoms with E-state index in [1.165, 1.54) is 5.01 Å². The minimum Gasteiger partial charge on any atom is -0.491 e. The van der Waals surface area contributed by atoms with E-state index in [4.69, 9.17) is 18.8 Å². The van der Waals surface area contributed by atoms with Gasteiger partial charge in [0.15, 0.2) is 0 Å². The second-order valence-electron chi connectivity index (χ2n) is 12.9. The minimum atomic E-state index is -0.665. The number of carbonyl (C=O) groups is 2. The summed E-state index contributed by atoms with van der Waals surface area (Å²) in [6.07, 6.45) is 0. The number of hydrogen-bond acceptors (Lipinski definition) is 6. The Morgan fingerprint density at radius 1 is 0.886 bits per heavy atom. The number of carbonyl (C=O) groups excluding carboxylic acids is 2. The number of amides is 2. The summed E-state index contributed by atoms with van der Waals surface area (Å²) in [4.78, 5) is 27.3. The van der Waals surface area contributed by atoms with E-state index in [2.05, 4.69) is 5.43 Å². The SMILES string of the molecule is CC.CC.COCCOc1c(B2OC(C)(C)C(C)(C)O2)ccc(C(=O)NN(CC(C)(C)C)C(=O)c2cc(C)cc(C)c2)c1C. The Hall–Kier alpha value is -2.88. The van der Waals surface area contributed by atoms with Gasteiger partial charge in [-0.2, -0.15) is 0 Å². The van der Waals surface area contributed by atoms with Gasteiger partial charge in [-0.1, -0.05) is 71.7 Å². The van der Waals surface area contributed by atoms with E-state index in [1.54, 1.807) is 19.2 Å². The van der Waals surface area contributed by atoms with Crippen LogP contribution >= 0.6 is 0 Å². The summed E-state index contributed by atoms with van der Waals surface area (Å²) >= 11 is 0. The molecule has 246 valence electrons. The molecule has 0 aromatic heterocycles. The first-order valence-electron chi connectivity index (χ1n) is 15.8. The molecule has 44 heavy (non-hydrogen) atoms. The molecule has 0 unspecified atom stereocenters. The minimum absolute atomic E-state index is 0.258. The second kappa shape index (κ2) is 16.4. The normalized spacial score (nSPS) is 14.9. The van der Waals surface area contributed by atoms with Crippen LogP contribution in [0.4, 0.5) is 0 Å². The van der Waals surface area contributed by atoms with Gasteiger partial charge in [-0.25, -0.2) is 5.01 Å². The predicted molar refractivity (Wildman–Crippen MR) is 181 cm³/mol. The zero-order valence-corrected chi connectivity index (χ0v) is 30.0. The fraction of sp³-hybridized carbons (Fsp3) is 0.600. The predicted octanol–water partition coefficient (Wildman–Crippen LogP) is 6.82. The molecule has 1 aliphatic rings. The molecule has 0 saturated carbocycles. The van der Waals surface area contributed by atoms with E-state index in [0.29, 0.717) is 41.1 Å². The molecule has 0 aliphatic carbocycles. The standard InChI is InChI=1S/C31H45BN2O6.2C2H6/c1-20-16-21(2)18-23(17-20)28(36)34(19-29(4,5)6)33-27(35)24-12-13-25(26(22(24)3)38-15-14-37-11)32-39-30(7,8)31(9,10)40-32;2*1-2/h12-13,16-18H,14-15,19H2,1-11H3,(H,33,35);2*1-2H3. The number of nitrogens with one attached hydrogen (secondary N) is 1. The van der Waals surface area contributed by atoms with E-state index in [-0.39, 0.29) is 17.9 Å². The van der Waals surface area contributed by atoms with Gasteiger partial charge >= 0.3 is 7.12 Å². The van der Waals surface area contributed by atoms with Crippen molar-refractivity contribution in [3.8, 4) is 5.75 Å². The van der Waals surface area contributed by atoms with Crippen molar-refractivity contribution < 1.29 is 28.4 Å². The highest BCUT2D eigenvalue weighted by Crippen LogP contribution is 2.37. The molecule has 2 aromatic carbocycles. The van der Waals surface area contributed by atoms with Gasteiger partial charge in [0.1, 0.15) is 12.4 Å². The Bertz CT molecular complexity index is 1220. The number of benzene rings is 2. The molecule has 2 amide bonds. The third-order valence-corrected chi connectivity index (χ3v) is 7.30. The topological polar surface area (TPSA) is 86.3 Å². The van der Waals surface area contributed by atoms with E-state index < -0.39 is 24.2 Å². The third kappa shape index (κ3) is 10.1. The van der Waals surface area contributed by atoms with Crippen LogP contribution in [0.5, 0.6) is 5.75 Å². The van der Waals surface area contributed by atoms with Gasteiger partial charge in [0.2, 0.25) is 0 Å². The summed E-state index contributed by atoms with van der Waals surface area (Å²) in [5.41, 5.74) is 5.75. The van der Waals surface area contributed by atoms with Crippen molar-refractivity contribution >= 4 is 24.4 Å². The van der Waals surface area contributed by atoms with E-state index >= 15 is 0 Å². The van der Waals surface area contributed by atoms with Gasteiger partial charge < -0.3 is 18.8 Å². The third-order valence-electron chi connectivity index (χ3n) is 7.30. The molecule has 1 saturated heterocycles. The smallest absolute Gasteiger partial charge is 0.491 e. The molecular weight excluding hydrogens is 555 g/mol. The van der Waals surface area contributed by atoms with Crippen molar-refractivity contribution in [1.82, 2.24) is 10.4 Å². The fourth-order valence-electron chi connectivity index (χ4n) is 4.61. The van der Waals surface area contributed by atoms with Gasteiger partial charge in [-0.05, 0) is 72.1 Å². The van der Waals surface area contributed by atoms with Crippen molar-refractivity contribution in [3.63, 3.8) is 0 Å². The lowest BCUT2D eigenvalue weighted by atomic mass is 9.76. The molecule has 0 bridgehead atoms. The first-order valence-corrected chi connectivity index (χ1v) is 15.8. The molecule has 3 rings (SSSR count). The van der Waals surface area contributed by atoms with Crippen molar-refractivity contribution in [1.29, 1.82) is 0 Å². The highest BCUT2D eigenvalue weighted by molar-refractivity contribution is 6.63. The van der Waals surface area contributed by atoms with Crippen LogP contribution in [0.25, 0.3) is 0 Å². The average Bonchev–Trinajstić information content (AvgIpc) is 3.15. The van der Waals surface area contributed by atoms with Crippen LogP contribution in [0.1, 0.15) is 114 Å². The molecule has 8 nitrogen and oxygen atoms in total. The first-order chi connectivity index (χ1) is 20.5. The van der Waals surface area contributed by atoms with Crippen molar-refractivity contribution in [2.75, 3.05) is 26.9 Å². The summed E-state index contributed by atoms with van der Waals surface area (Å²) in [5.74, 6) is -0.166. The summed E-state index contributed by atoms with van der Waals surface area (Å²) in [6, 6.07) is 9.21. The lowest BCUT2D eigenvalue weighted by Crippen LogP contribution is -2.50. The van der Waals surface area contributed by atoms with Gasteiger partial charge in [0.05, 0.1) is 17.8 Å². The van der Waals surface area contributed by atoms with Gasteiger partial charge in [-0.15, -0.1) is 0 Å². The zero-order chi connectivity index (χ0) is 34.0. The monoisotopic (exact) mass is 612 g/mol. The quantitative estimate of drug-likeness (QED) is 0.200. The molecule has 1 fully saturated rings. The van der Waals surface area contributed by atoms with Crippen LogP contribution in [0.3, 0.4) is 0 Å². The molecule has 1 N–H and O–H groups in total. The van der Waals surface area contributed by atoms with E-state index in [0.717, 1.165) is 11.1 Å². The van der Waals surface area contributed by atoms with Crippen LogP contribution < -0.4 is 15.6 Å².